The van der Waals surface area contributed by atoms with Crippen molar-refractivity contribution < 1.29 is 14.1 Å². The van der Waals surface area contributed by atoms with Gasteiger partial charge in [0.2, 0.25) is 11.8 Å². The lowest BCUT2D eigenvalue weighted by molar-refractivity contribution is 0.102. The van der Waals surface area contributed by atoms with Crippen molar-refractivity contribution in [3.63, 3.8) is 0 Å². The minimum absolute atomic E-state index is 0.303. The molecule has 0 radical (unpaired) electrons. The van der Waals surface area contributed by atoms with Gasteiger partial charge in [0.1, 0.15) is 6.61 Å². The maximum atomic E-state index is 12.0. The van der Waals surface area contributed by atoms with Gasteiger partial charge in [-0.3, -0.25) is 10.1 Å². The van der Waals surface area contributed by atoms with Crippen LogP contribution >= 0.6 is 0 Å². The quantitative estimate of drug-likeness (QED) is 0.783. The van der Waals surface area contributed by atoms with Crippen LogP contribution in [-0.2, 0) is 6.61 Å². The molecule has 0 atom stereocenters. The Morgan fingerprint density at radius 2 is 2.04 bits per heavy atom. The molecule has 1 aromatic carbocycles. The van der Waals surface area contributed by atoms with Crippen molar-refractivity contribution in [1.82, 2.24) is 10.1 Å². The third-order valence-corrected chi connectivity index (χ3v) is 3.09. The van der Waals surface area contributed by atoms with Crippen molar-refractivity contribution in [3.05, 3.63) is 71.5 Å². The number of hydrogen-bond donors (Lipinski definition) is 1. The van der Waals surface area contributed by atoms with E-state index in [0.29, 0.717) is 29.6 Å². The molecule has 1 N–H and O–H groups in total. The molecule has 0 aliphatic rings. The van der Waals surface area contributed by atoms with Gasteiger partial charge in [0.25, 0.3) is 5.91 Å². The van der Waals surface area contributed by atoms with Crippen LogP contribution in [0.25, 0.3) is 0 Å². The van der Waals surface area contributed by atoms with E-state index in [2.05, 4.69) is 15.5 Å². The Balaban J connectivity index is 1.59. The van der Waals surface area contributed by atoms with E-state index in [4.69, 9.17) is 9.26 Å². The molecule has 0 aliphatic carbocycles. The van der Waals surface area contributed by atoms with Gasteiger partial charge in [0.15, 0.2) is 0 Å². The van der Waals surface area contributed by atoms with Gasteiger partial charge in [-0.1, -0.05) is 35.5 Å². The molecule has 0 fully saturated rings. The maximum absolute atomic E-state index is 12.0. The first-order valence-electron chi connectivity index (χ1n) is 7.08. The molecular formula is C17H15N3O3. The number of pyridine rings is 1. The van der Waals surface area contributed by atoms with Gasteiger partial charge < -0.3 is 9.26 Å². The number of carbonyl (C=O) groups is 1. The van der Waals surface area contributed by atoms with E-state index in [9.17, 15) is 4.79 Å². The minimum Gasteiger partial charge on any atom is -0.473 e. The third-order valence-electron chi connectivity index (χ3n) is 3.09. The lowest BCUT2D eigenvalue weighted by atomic mass is 10.2. The van der Waals surface area contributed by atoms with Crippen molar-refractivity contribution in [3.8, 4) is 5.88 Å². The lowest BCUT2D eigenvalue weighted by Crippen LogP contribution is -2.11. The zero-order valence-corrected chi connectivity index (χ0v) is 12.5. The van der Waals surface area contributed by atoms with E-state index < -0.39 is 0 Å². The number of nitrogens with zero attached hydrogens (tertiary/aromatic N) is 2. The summed E-state index contributed by atoms with van der Waals surface area (Å²) in [5, 5.41) is 6.31. The molecule has 3 aromatic rings. The van der Waals surface area contributed by atoms with Gasteiger partial charge in [0.05, 0.1) is 11.3 Å². The van der Waals surface area contributed by atoms with Crippen molar-refractivity contribution in [2.24, 2.45) is 0 Å². The van der Waals surface area contributed by atoms with Crippen molar-refractivity contribution in [2.75, 3.05) is 5.32 Å². The van der Waals surface area contributed by atoms with Crippen LogP contribution in [0.15, 0.2) is 59.3 Å². The van der Waals surface area contributed by atoms with Crippen molar-refractivity contribution in [1.29, 1.82) is 0 Å². The number of aromatic nitrogens is 2. The molecule has 6 nitrogen and oxygen atoms in total. The summed E-state index contributed by atoms with van der Waals surface area (Å²) in [6.45, 7) is 2.20. The van der Waals surface area contributed by atoms with Crippen LogP contribution < -0.4 is 10.1 Å². The second-order valence-corrected chi connectivity index (χ2v) is 4.95. The highest BCUT2D eigenvalue weighted by molar-refractivity contribution is 6.03. The van der Waals surface area contributed by atoms with Gasteiger partial charge >= 0.3 is 0 Å². The largest absolute Gasteiger partial charge is 0.473 e. The van der Waals surface area contributed by atoms with Crippen LogP contribution in [0, 0.1) is 6.92 Å². The van der Waals surface area contributed by atoms with Crippen LogP contribution in [0.3, 0.4) is 0 Å². The Hall–Kier alpha value is -3.15. The highest BCUT2D eigenvalue weighted by atomic mass is 16.5. The van der Waals surface area contributed by atoms with Crippen LogP contribution in [0.4, 0.5) is 5.88 Å². The maximum Gasteiger partial charge on any atom is 0.259 e. The fourth-order valence-electron chi connectivity index (χ4n) is 1.94. The van der Waals surface area contributed by atoms with Crippen LogP contribution in [0.5, 0.6) is 5.88 Å². The monoisotopic (exact) mass is 309 g/mol. The number of benzene rings is 1. The average molecular weight is 309 g/mol. The Morgan fingerprint density at radius 3 is 2.70 bits per heavy atom. The zero-order chi connectivity index (χ0) is 16.1. The first-order chi connectivity index (χ1) is 11.2. The number of carbonyl (C=O) groups excluding carboxylic acids is 1. The number of aryl methyl sites for hydroxylation is 1. The van der Waals surface area contributed by atoms with Crippen LogP contribution in [0.2, 0.25) is 0 Å². The molecule has 3 rings (SSSR count). The van der Waals surface area contributed by atoms with Gasteiger partial charge in [-0.15, -0.1) is 0 Å². The fourth-order valence-corrected chi connectivity index (χ4v) is 1.94. The molecule has 0 unspecified atom stereocenters. The van der Waals surface area contributed by atoms with E-state index in [-0.39, 0.29) is 5.91 Å². The number of ether oxygens (including phenoxy) is 1. The smallest absolute Gasteiger partial charge is 0.259 e. The van der Waals surface area contributed by atoms with Gasteiger partial charge in [-0.25, -0.2) is 4.98 Å². The first-order valence-corrected chi connectivity index (χ1v) is 7.08. The fraction of sp³-hybridized carbons (Fsp3) is 0.118. The van der Waals surface area contributed by atoms with Crippen molar-refractivity contribution in [2.45, 2.75) is 13.5 Å². The molecule has 0 spiro atoms. The summed E-state index contributed by atoms with van der Waals surface area (Å²) >= 11 is 0. The predicted octanol–water partition coefficient (Wildman–Crippen LogP) is 3.21. The van der Waals surface area contributed by atoms with Gasteiger partial charge in [-0.05, 0) is 18.6 Å². The molecule has 116 valence electrons. The topological polar surface area (TPSA) is 77.2 Å². The Morgan fingerprint density at radius 1 is 1.22 bits per heavy atom. The van der Waals surface area contributed by atoms with E-state index >= 15 is 0 Å². The van der Waals surface area contributed by atoms with E-state index in [1.165, 1.54) is 6.20 Å². The minimum atomic E-state index is -0.316. The van der Waals surface area contributed by atoms with E-state index in [0.717, 1.165) is 5.56 Å². The molecule has 0 bridgehead atoms. The van der Waals surface area contributed by atoms with E-state index in [1.54, 1.807) is 25.1 Å². The molecular weight excluding hydrogens is 294 g/mol. The SMILES string of the molecule is Cc1cc(NC(=O)c2ccc(OCc3ccccc3)nc2)on1. The summed E-state index contributed by atoms with van der Waals surface area (Å²) in [5.74, 6) is 0.445. The number of amides is 1. The summed E-state index contributed by atoms with van der Waals surface area (Å²) in [4.78, 5) is 16.2. The molecule has 0 saturated heterocycles. The second-order valence-electron chi connectivity index (χ2n) is 4.95. The van der Waals surface area contributed by atoms with Gasteiger partial charge in [-0.2, -0.15) is 0 Å². The lowest BCUT2D eigenvalue weighted by Gasteiger charge is -2.06. The summed E-state index contributed by atoms with van der Waals surface area (Å²) in [6, 6.07) is 14.7. The zero-order valence-electron chi connectivity index (χ0n) is 12.5. The predicted molar refractivity (Wildman–Crippen MR) is 84.2 cm³/mol. The number of hydrogen-bond acceptors (Lipinski definition) is 5. The molecule has 2 aromatic heterocycles. The summed E-state index contributed by atoms with van der Waals surface area (Å²) in [5.41, 5.74) is 2.16. The van der Waals surface area contributed by atoms with E-state index in [1.807, 2.05) is 30.3 Å². The highest BCUT2D eigenvalue weighted by Gasteiger charge is 2.10. The first kappa shape index (κ1) is 14.8. The highest BCUT2D eigenvalue weighted by Crippen LogP contribution is 2.13. The normalized spacial score (nSPS) is 10.3. The second kappa shape index (κ2) is 6.74. The standard InChI is InChI=1S/C17H15N3O3/c1-12-9-16(23-20-12)19-17(21)14-7-8-15(18-10-14)22-11-13-5-3-2-4-6-13/h2-10H,11H2,1H3,(H,19,21). The number of nitrogens with one attached hydrogen (secondary N) is 1. The number of anilines is 1. The molecule has 23 heavy (non-hydrogen) atoms. The molecule has 6 heteroatoms. The summed E-state index contributed by atoms with van der Waals surface area (Å²) < 4.78 is 10.5. The molecule has 0 saturated carbocycles. The Bertz CT molecular complexity index is 782. The van der Waals surface area contributed by atoms with Gasteiger partial charge in [0, 0.05) is 18.3 Å². The molecule has 2 heterocycles. The Kier molecular flexibility index (Phi) is 4.33. The summed E-state index contributed by atoms with van der Waals surface area (Å²) in [6.07, 6.45) is 1.46. The van der Waals surface area contributed by atoms with Crippen molar-refractivity contribution >= 4 is 11.8 Å². The summed E-state index contributed by atoms with van der Waals surface area (Å²) in [7, 11) is 0. The average Bonchev–Trinajstić information content (AvgIpc) is 2.99. The van der Waals surface area contributed by atoms with Crippen LogP contribution in [0.1, 0.15) is 21.6 Å². The Labute approximate surface area is 133 Å². The third kappa shape index (κ3) is 3.94. The van der Waals surface area contributed by atoms with Crippen LogP contribution in [-0.4, -0.2) is 16.0 Å². The molecule has 1 amide bonds. The molecule has 0 aliphatic heterocycles. The number of rotatable bonds is 5.